The lowest BCUT2D eigenvalue weighted by Gasteiger charge is -2.40. The maximum Gasteiger partial charge on any atom is 0.0541 e. The van der Waals surface area contributed by atoms with Crippen molar-refractivity contribution in [3.05, 3.63) is 277 Å². The molecule has 0 amide bonds. The molecule has 10 aromatic rings. The maximum absolute atomic E-state index is 2.52. The van der Waals surface area contributed by atoms with E-state index in [4.69, 9.17) is 0 Å². The molecule has 3 atom stereocenters. The summed E-state index contributed by atoms with van der Waals surface area (Å²) in [5.41, 5.74) is 17.1. The number of rotatable bonds is 8. The molecule has 0 fully saturated rings. The molecule has 0 saturated heterocycles. The van der Waals surface area contributed by atoms with Crippen LogP contribution in [0.1, 0.15) is 35.4 Å². The first kappa shape index (κ1) is 39.2. The summed E-state index contributed by atoms with van der Waals surface area (Å²) in [6, 6.07) is 78.6. The van der Waals surface area contributed by atoms with Crippen molar-refractivity contribution in [2.75, 3.05) is 4.90 Å². The average Bonchev–Trinajstić information content (AvgIpc) is 3.90. The van der Waals surface area contributed by atoms with E-state index in [1.807, 2.05) is 0 Å². The number of para-hydroxylation sites is 2. The van der Waals surface area contributed by atoms with Crippen LogP contribution in [0, 0.1) is 5.92 Å². The van der Waals surface area contributed by atoms with Crippen LogP contribution in [0.2, 0.25) is 0 Å². The number of aromatic nitrogens is 1. The minimum Gasteiger partial charge on any atom is -0.310 e. The quantitative estimate of drug-likeness (QED) is 0.148. The van der Waals surface area contributed by atoms with Crippen molar-refractivity contribution in [1.29, 1.82) is 0 Å². The smallest absolute Gasteiger partial charge is 0.0541 e. The van der Waals surface area contributed by atoms with Crippen LogP contribution in [0.4, 0.5) is 17.1 Å². The van der Waals surface area contributed by atoms with Crippen LogP contribution in [0.15, 0.2) is 260 Å². The minimum atomic E-state index is -0.331. The minimum absolute atomic E-state index is 0.264. The molecule has 0 aliphatic heterocycles. The van der Waals surface area contributed by atoms with Crippen LogP contribution in [0.3, 0.4) is 0 Å². The molecule has 9 aromatic carbocycles. The van der Waals surface area contributed by atoms with Crippen LogP contribution in [0.25, 0.3) is 60.5 Å². The molecular weight excluding hydrogens is 809 g/mol. The molecule has 1 heterocycles. The lowest BCUT2D eigenvalue weighted by molar-refractivity contribution is 0.453. The van der Waals surface area contributed by atoms with Gasteiger partial charge < -0.3 is 9.47 Å². The van der Waals surface area contributed by atoms with Crippen LogP contribution in [-0.2, 0) is 5.41 Å². The van der Waals surface area contributed by atoms with E-state index in [-0.39, 0.29) is 17.3 Å². The Hall–Kier alpha value is -8.20. The normalized spacial score (nSPS) is 18.3. The van der Waals surface area contributed by atoms with Gasteiger partial charge in [-0.1, -0.05) is 194 Å². The monoisotopic (exact) mass is 856 g/mol. The van der Waals surface area contributed by atoms with Gasteiger partial charge in [-0.05, 0) is 123 Å². The van der Waals surface area contributed by atoms with E-state index >= 15 is 0 Å². The molecule has 2 heteroatoms. The van der Waals surface area contributed by atoms with Crippen LogP contribution < -0.4 is 4.90 Å². The Morgan fingerprint density at radius 2 is 1.12 bits per heavy atom. The van der Waals surface area contributed by atoms with Crippen molar-refractivity contribution in [2.24, 2.45) is 5.92 Å². The summed E-state index contributed by atoms with van der Waals surface area (Å²) in [6.45, 7) is 0. The highest BCUT2D eigenvalue weighted by Gasteiger charge is 2.53. The molecular formula is C65H48N2. The van der Waals surface area contributed by atoms with E-state index in [1.54, 1.807) is 0 Å². The maximum atomic E-state index is 2.52. The molecule has 0 radical (unpaired) electrons. The molecule has 3 aliphatic rings. The van der Waals surface area contributed by atoms with E-state index in [2.05, 4.69) is 264 Å². The Bertz CT molecular complexity index is 3620. The average molecular weight is 857 g/mol. The number of allylic oxidation sites excluding steroid dienone is 8. The molecule has 0 N–H and O–H groups in total. The van der Waals surface area contributed by atoms with Crippen LogP contribution >= 0.6 is 0 Å². The summed E-state index contributed by atoms with van der Waals surface area (Å²) in [7, 11) is 0. The molecule has 318 valence electrons. The van der Waals surface area contributed by atoms with E-state index in [1.165, 1.54) is 82.8 Å². The van der Waals surface area contributed by atoms with E-state index in [9.17, 15) is 0 Å². The number of hydrogen-bond acceptors (Lipinski definition) is 1. The highest BCUT2D eigenvalue weighted by Crippen LogP contribution is 2.61. The summed E-state index contributed by atoms with van der Waals surface area (Å²) in [4.78, 5) is 2.48. The Kier molecular flexibility index (Phi) is 9.39. The molecule has 2 nitrogen and oxygen atoms in total. The van der Waals surface area contributed by atoms with Gasteiger partial charge in [-0.15, -0.1) is 0 Å². The summed E-state index contributed by atoms with van der Waals surface area (Å²) in [5, 5.41) is 4.97. The number of anilines is 3. The standard InChI is InChI=1S/C65H48N2/c1-4-19-50(20-5-1)65(51-21-6-2-7-22-51)60-28-14-12-26-56(60)57-41-40-54(44-61(57)65)66(62-30-16-18-48-17-10-11-25-55(48)62)53-38-35-46(36-39-53)45-31-33-47(34-32-45)49-37-42-64-59(43-49)58-27-13-15-29-63(58)67(64)52-23-8-3-9-24-52/h1,3-6,8-44,56,60H,2,7H2. The van der Waals surface area contributed by atoms with Gasteiger partial charge >= 0.3 is 0 Å². The van der Waals surface area contributed by atoms with Gasteiger partial charge in [-0.2, -0.15) is 0 Å². The number of fused-ring (bicyclic) bond motifs is 7. The predicted octanol–water partition coefficient (Wildman–Crippen LogP) is 17.1. The molecule has 0 saturated carbocycles. The van der Waals surface area contributed by atoms with Gasteiger partial charge in [-0.3, -0.25) is 0 Å². The second kappa shape index (κ2) is 16.0. The molecule has 13 rings (SSSR count). The summed E-state index contributed by atoms with van der Waals surface area (Å²) in [5.74, 6) is 0.548. The van der Waals surface area contributed by atoms with Gasteiger partial charge in [0.1, 0.15) is 0 Å². The second-order valence-corrected chi connectivity index (χ2v) is 18.3. The zero-order valence-electron chi connectivity index (χ0n) is 37.2. The van der Waals surface area contributed by atoms with Crippen molar-refractivity contribution in [3.8, 4) is 27.9 Å². The second-order valence-electron chi connectivity index (χ2n) is 18.3. The van der Waals surface area contributed by atoms with Gasteiger partial charge in [0.15, 0.2) is 0 Å². The fraction of sp³-hybridized carbons (Fsp3) is 0.0769. The van der Waals surface area contributed by atoms with E-state index in [0.29, 0.717) is 0 Å². The molecule has 67 heavy (non-hydrogen) atoms. The Morgan fingerprint density at radius 1 is 0.478 bits per heavy atom. The SMILES string of the molecule is C1=CC2c3ccc(N(c4ccc(-c5ccc(-c6ccc7c(c6)c6ccccc6n7-c6ccccc6)cc5)cc4)c4cccc5ccccc45)cc3C(C3=CCCC=C3)(c3ccccc3)C2C=C1. The van der Waals surface area contributed by atoms with Gasteiger partial charge in [0.25, 0.3) is 0 Å². The Balaban J connectivity index is 0.900. The molecule has 0 spiro atoms. The van der Waals surface area contributed by atoms with Crippen molar-refractivity contribution >= 4 is 49.6 Å². The highest BCUT2D eigenvalue weighted by molar-refractivity contribution is 6.10. The Labute approximate surface area is 392 Å². The zero-order valence-corrected chi connectivity index (χ0v) is 37.2. The van der Waals surface area contributed by atoms with Gasteiger partial charge in [0.05, 0.1) is 22.1 Å². The molecule has 1 aromatic heterocycles. The van der Waals surface area contributed by atoms with E-state index in [0.717, 1.165) is 29.9 Å². The van der Waals surface area contributed by atoms with Crippen LogP contribution in [-0.4, -0.2) is 4.57 Å². The third-order valence-electron chi connectivity index (χ3n) is 14.8. The van der Waals surface area contributed by atoms with Gasteiger partial charge in [0, 0.05) is 45.1 Å². The lowest BCUT2D eigenvalue weighted by Crippen LogP contribution is -2.35. The van der Waals surface area contributed by atoms with Crippen molar-refractivity contribution in [2.45, 2.75) is 24.2 Å². The first-order chi connectivity index (χ1) is 33.2. The molecule has 3 aliphatic carbocycles. The van der Waals surface area contributed by atoms with Crippen molar-refractivity contribution in [3.63, 3.8) is 0 Å². The summed E-state index contributed by atoms with van der Waals surface area (Å²) >= 11 is 0. The van der Waals surface area contributed by atoms with Gasteiger partial charge in [-0.25, -0.2) is 0 Å². The first-order valence-electron chi connectivity index (χ1n) is 23.7. The van der Waals surface area contributed by atoms with Crippen molar-refractivity contribution in [1.82, 2.24) is 4.57 Å². The Morgan fingerprint density at radius 3 is 1.91 bits per heavy atom. The number of benzene rings is 9. The fourth-order valence-corrected chi connectivity index (χ4v) is 11.8. The predicted molar refractivity (Wildman–Crippen MR) is 282 cm³/mol. The number of nitrogens with zero attached hydrogens (tertiary/aromatic N) is 2. The van der Waals surface area contributed by atoms with Gasteiger partial charge in [0.2, 0.25) is 0 Å². The molecule has 3 unspecified atom stereocenters. The van der Waals surface area contributed by atoms with E-state index < -0.39 is 0 Å². The first-order valence-corrected chi connectivity index (χ1v) is 23.7. The molecule has 0 bridgehead atoms. The largest absolute Gasteiger partial charge is 0.310 e. The lowest BCUT2D eigenvalue weighted by atomic mass is 9.62. The topological polar surface area (TPSA) is 8.17 Å². The van der Waals surface area contributed by atoms with Crippen LogP contribution in [0.5, 0.6) is 0 Å². The highest BCUT2D eigenvalue weighted by atomic mass is 15.1. The zero-order chi connectivity index (χ0) is 44.3. The number of hydrogen-bond donors (Lipinski definition) is 0. The fourth-order valence-electron chi connectivity index (χ4n) is 11.8. The third kappa shape index (κ3) is 6.32. The third-order valence-corrected chi connectivity index (χ3v) is 14.8. The summed E-state index contributed by atoms with van der Waals surface area (Å²) < 4.78 is 2.37. The van der Waals surface area contributed by atoms with Crippen molar-refractivity contribution < 1.29 is 0 Å². The summed E-state index contributed by atoms with van der Waals surface area (Å²) in [6.07, 6.45) is 18.9.